The van der Waals surface area contributed by atoms with E-state index in [-0.39, 0.29) is 23.6 Å². The van der Waals surface area contributed by atoms with Crippen molar-refractivity contribution in [3.05, 3.63) is 88.0 Å². The summed E-state index contributed by atoms with van der Waals surface area (Å²) in [6, 6.07) is 14.3. The summed E-state index contributed by atoms with van der Waals surface area (Å²) in [5.41, 5.74) is 0.975. The number of amides is 1. The first kappa shape index (κ1) is 25.2. The fourth-order valence-corrected chi connectivity index (χ4v) is 4.65. The predicted molar refractivity (Wildman–Crippen MR) is 135 cm³/mol. The molecule has 0 spiro atoms. The molecular weight excluding hydrogens is 501 g/mol. The van der Waals surface area contributed by atoms with E-state index in [0.29, 0.717) is 22.7 Å². The molecule has 0 aliphatic carbocycles. The third kappa shape index (κ3) is 4.42. The van der Waals surface area contributed by atoms with Crippen LogP contribution in [0.5, 0.6) is 5.75 Å². The first-order valence-corrected chi connectivity index (χ1v) is 11.8. The zero-order valence-corrected chi connectivity index (χ0v) is 20.8. The maximum atomic E-state index is 14.1. The number of anilines is 2. The number of hydrogen-bond donors (Lipinski definition) is 2. The number of halogens is 3. The summed E-state index contributed by atoms with van der Waals surface area (Å²) in [6.45, 7) is 1.66. The van der Waals surface area contributed by atoms with Gasteiger partial charge in [0, 0.05) is 19.5 Å². The molecule has 2 N–H and O–H groups in total. The number of carbonyl (C=O) groups is 1. The molecule has 5 rings (SSSR count). The third-order valence-corrected chi connectivity index (χ3v) is 6.71. The summed E-state index contributed by atoms with van der Waals surface area (Å²) in [5, 5.41) is 9.60. The van der Waals surface area contributed by atoms with E-state index in [1.807, 2.05) is 6.07 Å². The van der Waals surface area contributed by atoms with E-state index < -0.39 is 29.7 Å². The Balaban J connectivity index is 1.47. The Bertz CT molecular complexity index is 1550. The van der Waals surface area contributed by atoms with E-state index in [1.165, 1.54) is 17.9 Å². The standard InChI is InChI=1S/C26H25F3N6O3/c1-15-23(25(37)35(33(15)2)17-9-5-4-6-10-17)31-24(36)20-14-22-30-19(16-8-7-11-18(12-16)38-3)13-21(26(27,28)29)34(22)32-20/h4-12,14,19,21,30H,13H2,1-3H3,(H,31,36)/t19-,21-/m0/s1. The van der Waals surface area contributed by atoms with Gasteiger partial charge in [0.05, 0.1) is 24.5 Å². The van der Waals surface area contributed by atoms with E-state index in [4.69, 9.17) is 4.74 Å². The van der Waals surface area contributed by atoms with Gasteiger partial charge in [-0.1, -0.05) is 30.3 Å². The monoisotopic (exact) mass is 526 g/mol. The smallest absolute Gasteiger partial charge is 0.410 e. The summed E-state index contributed by atoms with van der Waals surface area (Å²) < 4.78 is 51.2. The number of rotatable bonds is 5. The van der Waals surface area contributed by atoms with Crippen LogP contribution < -0.4 is 20.9 Å². The average Bonchev–Trinajstić information content (AvgIpc) is 3.43. The van der Waals surface area contributed by atoms with Gasteiger partial charge in [0.15, 0.2) is 11.7 Å². The van der Waals surface area contributed by atoms with Crippen molar-refractivity contribution in [2.75, 3.05) is 17.7 Å². The highest BCUT2D eigenvalue weighted by Crippen LogP contribution is 2.44. The summed E-state index contributed by atoms with van der Waals surface area (Å²) in [7, 11) is 3.15. The van der Waals surface area contributed by atoms with Crippen LogP contribution in [0.3, 0.4) is 0 Å². The molecule has 0 bridgehead atoms. The van der Waals surface area contributed by atoms with Gasteiger partial charge in [0.2, 0.25) is 0 Å². The number of methoxy groups -OCH3 is 1. The van der Waals surface area contributed by atoms with Crippen LogP contribution in [0.25, 0.3) is 5.69 Å². The number of nitrogens with one attached hydrogen (secondary N) is 2. The highest BCUT2D eigenvalue weighted by molar-refractivity contribution is 6.03. The lowest BCUT2D eigenvalue weighted by molar-refractivity contribution is -0.173. The third-order valence-electron chi connectivity index (χ3n) is 6.71. The minimum atomic E-state index is -4.60. The number of carbonyl (C=O) groups excluding carboxylic acids is 1. The topological polar surface area (TPSA) is 95.1 Å². The molecule has 1 aliphatic rings. The van der Waals surface area contributed by atoms with E-state index in [0.717, 1.165) is 4.68 Å². The molecule has 4 aromatic rings. The summed E-state index contributed by atoms with van der Waals surface area (Å²) in [4.78, 5) is 26.3. The molecule has 3 heterocycles. The van der Waals surface area contributed by atoms with Crippen molar-refractivity contribution in [1.29, 1.82) is 0 Å². The molecule has 2 aromatic carbocycles. The van der Waals surface area contributed by atoms with E-state index in [9.17, 15) is 22.8 Å². The second-order valence-electron chi connectivity index (χ2n) is 9.02. The molecule has 12 heteroatoms. The van der Waals surface area contributed by atoms with Gasteiger partial charge in [0.1, 0.15) is 17.3 Å². The van der Waals surface area contributed by atoms with Gasteiger partial charge >= 0.3 is 6.18 Å². The Kier molecular flexibility index (Phi) is 6.25. The maximum absolute atomic E-state index is 14.1. The summed E-state index contributed by atoms with van der Waals surface area (Å²) in [5.74, 6) is -0.229. The summed E-state index contributed by atoms with van der Waals surface area (Å²) >= 11 is 0. The first-order chi connectivity index (χ1) is 18.1. The molecule has 0 fully saturated rings. The molecule has 198 valence electrons. The molecule has 38 heavy (non-hydrogen) atoms. The number of para-hydroxylation sites is 1. The quantitative estimate of drug-likeness (QED) is 0.396. The predicted octanol–water partition coefficient (Wildman–Crippen LogP) is 4.60. The second kappa shape index (κ2) is 9.43. The van der Waals surface area contributed by atoms with Gasteiger partial charge < -0.3 is 15.4 Å². The molecule has 2 atom stereocenters. The number of aromatic nitrogens is 4. The molecule has 9 nitrogen and oxygen atoms in total. The molecule has 0 saturated carbocycles. The Labute approximate surface area is 215 Å². The Hall–Kier alpha value is -4.48. The lowest BCUT2D eigenvalue weighted by Gasteiger charge is -2.33. The van der Waals surface area contributed by atoms with Gasteiger partial charge in [-0.15, -0.1) is 0 Å². The Morgan fingerprint density at radius 2 is 1.87 bits per heavy atom. The second-order valence-corrected chi connectivity index (χ2v) is 9.02. The van der Waals surface area contributed by atoms with Crippen LogP contribution in [0.15, 0.2) is 65.5 Å². The minimum absolute atomic E-state index is 0.0157. The molecular formula is C26H25F3N6O3. The average molecular weight is 527 g/mol. The van der Waals surface area contributed by atoms with Crippen LogP contribution >= 0.6 is 0 Å². The number of fused-ring (bicyclic) bond motifs is 1. The van der Waals surface area contributed by atoms with Gasteiger partial charge in [0.25, 0.3) is 11.5 Å². The zero-order chi connectivity index (χ0) is 27.2. The van der Waals surface area contributed by atoms with Crippen molar-refractivity contribution >= 4 is 17.4 Å². The molecule has 0 radical (unpaired) electrons. The summed E-state index contributed by atoms with van der Waals surface area (Å²) in [6.07, 6.45) is -4.93. The van der Waals surface area contributed by atoms with Crippen molar-refractivity contribution in [2.24, 2.45) is 7.05 Å². The highest BCUT2D eigenvalue weighted by atomic mass is 19.4. The van der Waals surface area contributed by atoms with E-state index in [2.05, 4.69) is 15.7 Å². The van der Waals surface area contributed by atoms with E-state index >= 15 is 0 Å². The van der Waals surface area contributed by atoms with Crippen molar-refractivity contribution in [3.63, 3.8) is 0 Å². The molecule has 1 amide bonds. The van der Waals surface area contributed by atoms with Crippen LogP contribution in [0.4, 0.5) is 24.7 Å². The maximum Gasteiger partial charge on any atom is 0.410 e. The van der Waals surface area contributed by atoms with Crippen molar-refractivity contribution < 1.29 is 22.7 Å². The Morgan fingerprint density at radius 1 is 1.13 bits per heavy atom. The first-order valence-electron chi connectivity index (χ1n) is 11.8. The SMILES string of the molecule is COc1cccc([C@@H]2C[C@@H](C(F)(F)F)n3nc(C(=O)Nc4c(C)n(C)n(-c5ccccc5)c4=O)cc3N2)c1. The van der Waals surface area contributed by atoms with Crippen LogP contribution in [-0.4, -0.2) is 38.3 Å². The van der Waals surface area contributed by atoms with Crippen molar-refractivity contribution in [2.45, 2.75) is 31.6 Å². The fourth-order valence-electron chi connectivity index (χ4n) is 4.65. The Morgan fingerprint density at radius 3 is 2.55 bits per heavy atom. The zero-order valence-electron chi connectivity index (χ0n) is 20.8. The highest BCUT2D eigenvalue weighted by Gasteiger charge is 2.47. The lowest BCUT2D eigenvalue weighted by atomic mass is 9.97. The van der Waals surface area contributed by atoms with Crippen molar-refractivity contribution in [1.82, 2.24) is 19.1 Å². The van der Waals surface area contributed by atoms with Crippen LogP contribution in [0.1, 0.15) is 40.3 Å². The van der Waals surface area contributed by atoms with Gasteiger partial charge in [-0.25, -0.2) is 9.36 Å². The molecule has 0 unspecified atom stereocenters. The van der Waals surface area contributed by atoms with Gasteiger partial charge in [-0.05, 0) is 36.8 Å². The molecule has 0 saturated heterocycles. The molecule has 1 aliphatic heterocycles. The van der Waals surface area contributed by atoms with Gasteiger partial charge in [-0.3, -0.25) is 14.3 Å². The van der Waals surface area contributed by atoms with Crippen LogP contribution in [0.2, 0.25) is 0 Å². The van der Waals surface area contributed by atoms with Crippen LogP contribution in [-0.2, 0) is 7.05 Å². The number of nitrogens with zero attached hydrogens (tertiary/aromatic N) is 4. The number of alkyl halides is 3. The van der Waals surface area contributed by atoms with Crippen molar-refractivity contribution in [3.8, 4) is 11.4 Å². The van der Waals surface area contributed by atoms with E-state index in [1.54, 1.807) is 67.2 Å². The van der Waals surface area contributed by atoms with Crippen LogP contribution in [0, 0.1) is 6.92 Å². The normalized spacial score (nSPS) is 17.0. The number of ether oxygens (including phenoxy) is 1. The largest absolute Gasteiger partial charge is 0.497 e. The van der Waals surface area contributed by atoms with Gasteiger partial charge in [-0.2, -0.15) is 18.3 Å². The number of hydrogen-bond acceptors (Lipinski definition) is 5. The molecule has 2 aromatic heterocycles. The number of benzene rings is 2. The minimum Gasteiger partial charge on any atom is -0.497 e. The lowest BCUT2D eigenvalue weighted by Crippen LogP contribution is -2.35. The fraction of sp³-hybridized carbons (Fsp3) is 0.269.